The molecule has 0 fully saturated rings. The highest BCUT2D eigenvalue weighted by Crippen LogP contribution is 2.23. The summed E-state index contributed by atoms with van der Waals surface area (Å²) in [4.78, 5) is 0. The number of halogens is 1. The van der Waals surface area contributed by atoms with Crippen molar-refractivity contribution in [1.82, 2.24) is 15.2 Å². The molecule has 0 spiro atoms. The van der Waals surface area contributed by atoms with Crippen LogP contribution in [0.5, 0.6) is 0 Å². The highest BCUT2D eigenvalue weighted by Gasteiger charge is 2.17. The van der Waals surface area contributed by atoms with Crippen molar-refractivity contribution in [3.63, 3.8) is 0 Å². The monoisotopic (exact) mass is 288 g/mol. The van der Waals surface area contributed by atoms with E-state index in [0.29, 0.717) is 0 Å². The van der Waals surface area contributed by atoms with Gasteiger partial charge in [-0.3, -0.25) is 16.0 Å². The minimum atomic E-state index is 0.176. The number of ether oxygens (including phenoxy) is 1. The van der Waals surface area contributed by atoms with Gasteiger partial charge in [-0.1, -0.05) is 18.5 Å². The Bertz CT molecular complexity index is 394. The van der Waals surface area contributed by atoms with Crippen molar-refractivity contribution in [2.45, 2.75) is 51.7 Å². The van der Waals surface area contributed by atoms with E-state index in [1.54, 1.807) is 7.11 Å². The van der Waals surface area contributed by atoms with Gasteiger partial charge in [-0.15, -0.1) is 0 Å². The van der Waals surface area contributed by atoms with Crippen LogP contribution in [0.2, 0.25) is 5.02 Å². The first-order chi connectivity index (χ1) is 9.03. The smallest absolute Gasteiger partial charge is 0.0850 e. The number of nitrogens with two attached hydrogens (primary N) is 1. The molecule has 2 unspecified atom stereocenters. The molecule has 3 N–H and O–H groups in total. The summed E-state index contributed by atoms with van der Waals surface area (Å²) in [7, 11) is 3.65. The van der Waals surface area contributed by atoms with Crippen molar-refractivity contribution in [3.8, 4) is 0 Å². The zero-order valence-electron chi connectivity index (χ0n) is 12.2. The van der Waals surface area contributed by atoms with Crippen LogP contribution < -0.4 is 11.3 Å². The Hall–Kier alpha value is -0.620. The molecule has 110 valence electrons. The summed E-state index contributed by atoms with van der Waals surface area (Å²) in [6, 6.07) is 0.176. The Morgan fingerprint density at radius 1 is 1.47 bits per heavy atom. The van der Waals surface area contributed by atoms with Crippen LogP contribution in [0, 0.1) is 0 Å². The molecule has 1 aromatic heterocycles. The van der Waals surface area contributed by atoms with Crippen LogP contribution in [0.1, 0.15) is 38.1 Å². The molecule has 0 bridgehead atoms. The van der Waals surface area contributed by atoms with E-state index in [9.17, 15) is 0 Å². The molecule has 1 aromatic rings. The molecule has 1 heterocycles. The number of nitrogens with one attached hydrogen (secondary N) is 1. The lowest BCUT2D eigenvalue weighted by Crippen LogP contribution is -2.37. The van der Waals surface area contributed by atoms with E-state index in [4.69, 9.17) is 22.2 Å². The lowest BCUT2D eigenvalue weighted by atomic mass is 10.0. The van der Waals surface area contributed by atoms with E-state index in [-0.39, 0.29) is 12.1 Å². The number of methoxy groups -OCH3 is 1. The van der Waals surface area contributed by atoms with Crippen molar-refractivity contribution in [3.05, 3.63) is 16.4 Å². The van der Waals surface area contributed by atoms with Crippen LogP contribution in [0.3, 0.4) is 0 Å². The number of hydrogen-bond acceptors (Lipinski definition) is 4. The van der Waals surface area contributed by atoms with E-state index < -0.39 is 0 Å². The van der Waals surface area contributed by atoms with Gasteiger partial charge in [0, 0.05) is 26.6 Å². The first-order valence-corrected chi connectivity index (χ1v) is 7.10. The van der Waals surface area contributed by atoms with Gasteiger partial charge in [0.1, 0.15) is 0 Å². The molecule has 0 saturated heterocycles. The minimum Gasteiger partial charge on any atom is -0.382 e. The molecule has 0 aliphatic heterocycles. The van der Waals surface area contributed by atoms with Crippen LogP contribution in [-0.2, 0) is 24.6 Å². The van der Waals surface area contributed by atoms with Crippen molar-refractivity contribution in [2.75, 3.05) is 7.11 Å². The Balaban J connectivity index is 2.67. The van der Waals surface area contributed by atoms with Crippen molar-refractivity contribution in [1.29, 1.82) is 0 Å². The highest BCUT2D eigenvalue weighted by molar-refractivity contribution is 6.31. The first-order valence-electron chi connectivity index (χ1n) is 6.72. The fourth-order valence-corrected chi connectivity index (χ4v) is 2.44. The second-order valence-electron chi connectivity index (χ2n) is 4.88. The topological polar surface area (TPSA) is 65.1 Å². The second kappa shape index (κ2) is 7.85. The quantitative estimate of drug-likeness (QED) is 0.566. The molecule has 0 aliphatic rings. The summed E-state index contributed by atoms with van der Waals surface area (Å²) in [6.07, 6.45) is 3.75. The Kier molecular flexibility index (Phi) is 6.79. The van der Waals surface area contributed by atoms with Gasteiger partial charge in [-0.25, -0.2) is 0 Å². The van der Waals surface area contributed by atoms with Gasteiger partial charge in [0.05, 0.1) is 22.5 Å². The van der Waals surface area contributed by atoms with Gasteiger partial charge in [-0.05, 0) is 26.2 Å². The van der Waals surface area contributed by atoms with Gasteiger partial charge in [-0.2, -0.15) is 5.10 Å². The van der Waals surface area contributed by atoms with Crippen molar-refractivity contribution >= 4 is 11.6 Å². The molecule has 0 aliphatic carbocycles. The number of aryl methyl sites for hydroxylation is 2. The molecule has 0 radical (unpaired) electrons. The molecule has 5 nitrogen and oxygen atoms in total. The molecular formula is C13H25ClN4O. The lowest BCUT2D eigenvalue weighted by Gasteiger charge is -2.18. The largest absolute Gasteiger partial charge is 0.382 e. The van der Waals surface area contributed by atoms with Crippen LogP contribution in [0.15, 0.2) is 0 Å². The molecule has 0 amide bonds. The van der Waals surface area contributed by atoms with Crippen LogP contribution >= 0.6 is 11.6 Å². The highest BCUT2D eigenvalue weighted by atomic mass is 35.5. The summed E-state index contributed by atoms with van der Waals surface area (Å²) < 4.78 is 7.10. The third kappa shape index (κ3) is 4.45. The fraction of sp³-hybridized carbons (Fsp3) is 0.769. The fourth-order valence-electron chi connectivity index (χ4n) is 2.07. The third-order valence-corrected chi connectivity index (χ3v) is 3.94. The molecule has 6 heteroatoms. The number of rotatable bonds is 8. The van der Waals surface area contributed by atoms with E-state index in [1.807, 2.05) is 11.7 Å². The molecule has 2 atom stereocenters. The minimum absolute atomic E-state index is 0.176. The molecule has 19 heavy (non-hydrogen) atoms. The zero-order chi connectivity index (χ0) is 14.4. The Labute approximate surface area is 120 Å². The van der Waals surface area contributed by atoms with Crippen LogP contribution in [0.25, 0.3) is 0 Å². The number of hydrazine groups is 1. The average Bonchev–Trinajstić information content (AvgIpc) is 2.69. The third-order valence-electron chi connectivity index (χ3n) is 3.50. The molecular weight excluding hydrogens is 264 g/mol. The number of nitrogens with zero attached hydrogens (tertiary/aromatic N) is 2. The standard InChI is InChI=1S/C13H25ClN4O/c1-5-11-13(14)12(18(3)17-11)8-10(16-15)7-6-9(2)19-4/h9-10,16H,5-8,15H2,1-4H3. The van der Waals surface area contributed by atoms with Gasteiger partial charge in [0.25, 0.3) is 0 Å². The van der Waals surface area contributed by atoms with Gasteiger partial charge >= 0.3 is 0 Å². The van der Waals surface area contributed by atoms with Crippen LogP contribution in [0.4, 0.5) is 0 Å². The van der Waals surface area contributed by atoms with Gasteiger partial charge < -0.3 is 4.74 Å². The molecule has 0 saturated carbocycles. The Morgan fingerprint density at radius 3 is 2.63 bits per heavy atom. The summed E-state index contributed by atoms with van der Waals surface area (Å²) in [5.74, 6) is 5.62. The van der Waals surface area contributed by atoms with E-state index in [1.165, 1.54) is 0 Å². The zero-order valence-corrected chi connectivity index (χ0v) is 13.0. The predicted molar refractivity (Wildman–Crippen MR) is 78.1 cm³/mol. The first kappa shape index (κ1) is 16.4. The molecule has 1 rings (SSSR count). The summed E-state index contributed by atoms with van der Waals surface area (Å²) >= 11 is 6.34. The maximum atomic E-state index is 6.34. The van der Waals surface area contributed by atoms with Gasteiger partial charge in [0.2, 0.25) is 0 Å². The van der Waals surface area contributed by atoms with E-state index in [0.717, 1.165) is 42.1 Å². The summed E-state index contributed by atoms with van der Waals surface area (Å²) in [5, 5.41) is 5.19. The van der Waals surface area contributed by atoms with Gasteiger partial charge in [0.15, 0.2) is 0 Å². The summed E-state index contributed by atoms with van der Waals surface area (Å²) in [5.41, 5.74) is 4.83. The number of aromatic nitrogens is 2. The SMILES string of the molecule is CCc1nn(C)c(CC(CCC(C)OC)NN)c1Cl. The average molecular weight is 289 g/mol. The van der Waals surface area contributed by atoms with Crippen molar-refractivity contribution in [2.24, 2.45) is 12.9 Å². The second-order valence-corrected chi connectivity index (χ2v) is 5.25. The van der Waals surface area contributed by atoms with E-state index in [2.05, 4.69) is 24.4 Å². The number of hydrogen-bond donors (Lipinski definition) is 2. The summed E-state index contributed by atoms with van der Waals surface area (Å²) in [6.45, 7) is 4.11. The Morgan fingerprint density at radius 2 is 2.16 bits per heavy atom. The predicted octanol–water partition coefficient (Wildman–Crippen LogP) is 1.83. The maximum absolute atomic E-state index is 6.34. The van der Waals surface area contributed by atoms with Crippen molar-refractivity contribution < 1.29 is 4.74 Å². The normalized spacial score (nSPS) is 14.6. The molecule has 0 aromatic carbocycles. The lowest BCUT2D eigenvalue weighted by molar-refractivity contribution is 0.106. The maximum Gasteiger partial charge on any atom is 0.0850 e. The van der Waals surface area contributed by atoms with Crippen LogP contribution in [-0.4, -0.2) is 29.0 Å². The van der Waals surface area contributed by atoms with E-state index >= 15 is 0 Å².